The van der Waals surface area contributed by atoms with Crippen LogP contribution in [0, 0.1) is 11.6 Å². The minimum Gasteiger partial charge on any atom is -0.494 e. The van der Waals surface area contributed by atoms with Crippen LogP contribution in [0.4, 0.5) is 31.9 Å². The number of ether oxygens (including phenoxy) is 1. The first-order valence-electron chi connectivity index (χ1n) is 7.55. The number of hydrogen-bond donors (Lipinski definition) is 2. The zero-order valence-corrected chi connectivity index (χ0v) is 13.3. The van der Waals surface area contributed by atoms with Gasteiger partial charge in [0.2, 0.25) is 5.95 Å². The molecule has 0 aliphatic rings. The molecule has 0 aliphatic heterocycles. The van der Waals surface area contributed by atoms with Crippen LogP contribution < -0.4 is 15.4 Å². The second kappa shape index (κ2) is 7.52. The van der Waals surface area contributed by atoms with Crippen LogP contribution in [0.5, 0.6) is 5.75 Å². The Morgan fingerprint density at radius 2 is 1.72 bits per heavy atom. The van der Waals surface area contributed by atoms with Gasteiger partial charge in [0.1, 0.15) is 5.75 Å². The highest BCUT2D eigenvalue weighted by molar-refractivity contribution is 5.59. The predicted molar refractivity (Wildman–Crippen MR) is 90.4 cm³/mol. The number of nitrogens with one attached hydrogen (secondary N) is 2. The van der Waals surface area contributed by atoms with Crippen molar-refractivity contribution in [1.29, 1.82) is 0 Å². The summed E-state index contributed by atoms with van der Waals surface area (Å²) in [7, 11) is 0. The lowest BCUT2D eigenvalue weighted by molar-refractivity contribution is 0.340. The summed E-state index contributed by atoms with van der Waals surface area (Å²) in [4.78, 5) is 4.23. The molecule has 1 aromatic heterocycles. The number of nitrogens with zero attached hydrogens (tertiary/aromatic N) is 3. The van der Waals surface area contributed by atoms with Crippen LogP contribution in [0.2, 0.25) is 0 Å². The van der Waals surface area contributed by atoms with Crippen molar-refractivity contribution in [3.8, 4) is 5.75 Å². The summed E-state index contributed by atoms with van der Waals surface area (Å²) >= 11 is 0. The SMILES string of the molecule is CCOc1ccc(Nc2cnnc(Nc3ccc(F)c(F)c3)n2)cc1. The second-order valence-electron chi connectivity index (χ2n) is 5.00. The van der Waals surface area contributed by atoms with E-state index in [2.05, 4.69) is 25.8 Å². The lowest BCUT2D eigenvalue weighted by Gasteiger charge is -2.09. The minimum atomic E-state index is -0.957. The van der Waals surface area contributed by atoms with Crippen LogP contribution in [0.25, 0.3) is 0 Å². The van der Waals surface area contributed by atoms with Gasteiger partial charge in [-0.2, -0.15) is 10.1 Å². The molecule has 6 nitrogen and oxygen atoms in total. The zero-order valence-electron chi connectivity index (χ0n) is 13.3. The number of halogens is 2. The van der Waals surface area contributed by atoms with E-state index < -0.39 is 11.6 Å². The van der Waals surface area contributed by atoms with E-state index in [1.165, 1.54) is 12.3 Å². The van der Waals surface area contributed by atoms with E-state index >= 15 is 0 Å². The van der Waals surface area contributed by atoms with Gasteiger partial charge >= 0.3 is 0 Å². The molecule has 0 atom stereocenters. The Morgan fingerprint density at radius 3 is 2.44 bits per heavy atom. The van der Waals surface area contributed by atoms with Crippen LogP contribution >= 0.6 is 0 Å². The molecule has 25 heavy (non-hydrogen) atoms. The molecule has 0 unspecified atom stereocenters. The van der Waals surface area contributed by atoms with Gasteiger partial charge in [0.25, 0.3) is 0 Å². The van der Waals surface area contributed by atoms with Gasteiger partial charge in [0, 0.05) is 17.4 Å². The van der Waals surface area contributed by atoms with Crippen molar-refractivity contribution in [3.05, 3.63) is 60.3 Å². The van der Waals surface area contributed by atoms with E-state index in [4.69, 9.17) is 4.74 Å². The van der Waals surface area contributed by atoms with Crippen LogP contribution in [-0.2, 0) is 0 Å². The Bertz CT molecular complexity index is 858. The van der Waals surface area contributed by atoms with Crippen LogP contribution in [0.1, 0.15) is 6.92 Å². The van der Waals surface area contributed by atoms with Gasteiger partial charge in [-0.3, -0.25) is 0 Å². The molecule has 0 spiro atoms. The normalized spacial score (nSPS) is 10.4. The fourth-order valence-electron chi connectivity index (χ4n) is 2.07. The smallest absolute Gasteiger partial charge is 0.249 e. The van der Waals surface area contributed by atoms with Crippen LogP contribution in [-0.4, -0.2) is 21.8 Å². The Hall–Kier alpha value is -3.29. The average molecular weight is 343 g/mol. The zero-order chi connectivity index (χ0) is 17.6. The molecule has 1 heterocycles. The van der Waals surface area contributed by atoms with Gasteiger partial charge in [-0.1, -0.05) is 0 Å². The summed E-state index contributed by atoms with van der Waals surface area (Å²) < 4.78 is 31.6. The molecule has 0 aliphatic carbocycles. The Morgan fingerprint density at radius 1 is 0.960 bits per heavy atom. The maximum absolute atomic E-state index is 13.2. The van der Waals surface area contributed by atoms with Crippen LogP contribution in [0.3, 0.4) is 0 Å². The third kappa shape index (κ3) is 4.37. The number of aromatic nitrogens is 3. The highest BCUT2D eigenvalue weighted by atomic mass is 19.2. The van der Waals surface area contributed by atoms with E-state index in [0.717, 1.165) is 23.6 Å². The summed E-state index contributed by atoms with van der Waals surface area (Å²) in [6.07, 6.45) is 1.45. The van der Waals surface area contributed by atoms with E-state index in [9.17, 15) is 8.78 Å². The topological polar surface area (TPSA) is 72.0 Å². The molecule has 0 amide bonds. The van der Waals surface area contributed by atoms with Crippen molar-refractivity contribution in [2.24, 2.45) is 0 Å². The van der Waals surface area contributed by atoms with E-state index in [1.54, 1.807) is 0 Å². The standard InChI is InChI=1S/C17H15F2N5O/c1-2-25-13-6-3-11(4-7-13)21-16-10-20-24-17(23-16)22-12-5-8-14(18)15(19)9-12/h3-10H,2H2,1H3,(H2,21,22,23,24). The van der Waals surface area contributed by atoms with Crippen molar-refractivity contribution >= 4 is 23.1 Å². The van der Waals surface area contributed by atoms with E-state index in [1.807, 2.05) is 31.2 Å². The number of rotatable bonds is 6. The molecular formula is C17H15F2N5O. The molecule has 128 valence electrons. The molecule has 0 bridgehead atoms. The van der Waals surface area contributed by atoms with Gasteiger partial charge in [-0.05, 0) is 43.3 Å². The lowest BCUT2D eigenvalue weighted by Crippen LogP contribution is -2.03. The highest BCUT2D eigenvalue weighted by Crippen LogP contribution is 2.20. The number of benzene rings is 2. The fourth-order valence-corrected chi connectivity index (χ4v) is 2.07. The third-order valence-corrected chi connectivity index (χ3v) is 3.17. The molecule has 2 aromatic carbocycles. The monoisotopic (exact) mass is 343 g/mol. The molecule has 0 radical (unpaired) electrons. The Kier molecular flexibility index (Phi) is 4.98. The molecule has 0 saturated heterocycles. The third-order valence-electron chi connectivity index (χ3n) is 3.17. The largest absolute Gasteiger partial charge is 0.494 e. The van der Waals surface area contributed by atoms with Crippen molar-refractivity contribution in [3.63, 3.8) is 0 Å². The maximum atomic E-state index is 13.2. The van der Waals surface area contributed by atoms with Crippen molar-refractivity contribution in [1.82, 2.24) is 15.2 Å². The Balaban J connectivity index is 1.71. The molecule has 3 rings (SSSR count). The van der Waals surface area contributed by atoms with Crippen molar-refractivity contribution in [2.75, 3.05) is 17.2 Å². The highest BCUT2D eigenvalue weighted by Gasteiger charge is 2.06. The molecular weight excluding hydrogens is 328 g/mol. The summed E-state index contributed by atoms with van der Waals surface area (Å²) in [5.74, 6) is -0.502. The maximum Gasteiger partial charge on any atom is 0.249 e. The first-order valence-corrected chi connectivity index (χ1v) is 7.55. The van der Waals surface area contributed by atoms with Gasteiger partial charge in [0.15, 0.2) is 17.5 Å². The molecule has 3 aromatic rings. The predicted octanol–water partition coefficient (Wildman–Crippen LogP) is 4.04. The molecule has 2 N–H and O–H groups in total. The first-order chi connectivity index (χ1) is 12.1. The second-order valence-corrected chi connectivity index (χ2v) is 5.00. The summed E-state index contributed by atoms with van der Waals surface area (Å²) in [5, 5.41) is 13.5. The minimum absolute atomic E-state index is 0.155. The average Bonchev–Trinajstić information content (AvgIpc) is 2.61. The quantitative estimate of drug-likeness (QED) is 0.704. The molecule has 0 saturated carbocycles. The first kappa shape index (κ1) is 16.6. The van der Waals surface area contributed by atoms with Gasteiger partial charge in [0.05, 0.1) is 12.8 Å². The van der Waals surface area contributed by atoms with Gasteiger partial charge in [-0.15, -0.1) is 5.10 Å². The van der Waals surface area contributed by atoms with Crippen molar-refractivity contribution in [2.45, 2.75) is 6.92 Å². The van der Waals surface area contributed by atoms with E-state index in [0.29, 0.717) is 18.1 Å². The summed E-state index contributed by atoms with van der Waals surface area (Å²) in [5.41, 5.74) is 1.11. The summed E-state index contributed by atoms with van der Waals surface area (Å²) in [6, 6.07) is 10.8. The summed E-state index contributed by atoms with van der Waals surface area (Å²) in [6.45, 7) is 2.52. The van der Waals surface area contributed by atoms with Gasteiger partial charge < -0.3 is 15.4 Å². The van der Waals surface area contributed by atoms with Crippen molar-refractivity contribution < 1.29 is 13.5 Å². The number of hydrogen-bond acceptors (Lipinski definition) is 6. The molecule has 0 fully saturated rings. The van der Waals surface area contributed by atoms with Crippen LogP contribution in [0.15, 0.2) is 48.7 Å². The molecule has 8 heteroatoms. The Labute approximate surface area is 142 Å². The lowest BCUT2D eigenvalue weighted by atomic mass is 10.3. The van der Waals surface area contributed by atoms with Gasteiger partial charge in [-0.25, -0.2) is 8.78 Å². The fraction of sp³-hybridized carbons (Fsp3) is 0.118. The number of anilines is 4. The van der Waals surface area contributed by atoms with E-state index in [-0.39, 0.29) is 5.95 Å².